The lowest BCUT2D eigenvalue weighted by molar-refractivity contribution is -0.384. The molecule has 19 heavy (non-hydrogen) atoms. The van der Waals surface area contributed by atoms with Crippen molar-refractivity contribution in [1.82, 2.24) is 5.32 Å². The first-order valence-corrected chi connectivity index (χ1v) is 5.91. The number of nitro groups is 1. The van der Waals surface area contributed by atoms with E-state index < -0.39 is 10.8 Å². The lowest BCUT2D eigenvalue weighted by Gasteiger charge is -2.19. The normalized spacial score (nSPS) is 10.2. The third kappa shape index (κ3) is 3.92. The number of hydrogen-bond acceptors (Lipinski definition) is 5. The molecule has 0 fully saturated rings. The predicted octanol–water partition coefficient (Wildman–Crippen LogP) is 0.739. The van der Waals surface area contributed by atoms with E-state index in [1.807, 2.05) is 7.05 Å². The second-order valence-electron chi connectivity index (χ2n) is 4.20. The average Bonchev–Trinajstić information content (AvgIpc) is 2.38. The molecule has 0 radical (unpaired) electrons. The lowest BCUT2D eigenvalue weighted by Crippen LogP contribution is -2.23. The molecule has 0 saturated heterocycles. The first-order chi connectivity index (χ1) is 8.97. The van der Waals surface area contributed by atoms with Gasteiger partial charge in [0.1, 0.15) is 5.69 Å². The van der Waals surface area contributed by atoms with Crippen molar-refractivity contribution in [1.29, 1.82) is 0 Å². The Hall–Kier alpha value is -2.15. The van der Waals surface area contributed by atoms with E-state index in [1.54, 1.807) is 18.0 Å². The van der Waals surface area contributed by atoms with Crippen LogP contribution in [-0.2, 0) is 0 Å². The fraction of sp³-hybridized carbons (Fsp3) is 0.417. The van der Waals surface area contributed by atoms with Gasteiger partial charge in [0.2, 0.25) is 5.91 Å². The van der Waals surface area contributed by atoms with Gasteiger partial charge in [0, 0.05) is 25.2 Å². The Morgan fingerprint density at radius 2 is 2.21 bits per heavy atom. The van der Waals surface area contributed by atoms with Gasteiger partial charge in [-0.15, -0.1) is 0 Å². The van der Waals surface area contributed by atoms with Crippen LogP contribution in [0, 0.1) is 10.1 Å². The van der Waals surface area contributed by atoms with Gasteiger partial charge in [-0.05, 0) is 32.1 Å². The number of carbonyl (C=O) groups excluding carboxylic acids is 1. The number of benzene rings is 1. The second-order valence-corrected chi connectivity index (χ2v) is 4.20. The fourth-order valence-electron chi connectivity index (χ4n) is 1.76. The van der Waals surface area contributed by atoms with Crippen LogP contribution < -0.4 is 16.0 Å². The fourth-order valence-corrected chi connectivity index (χ4v) is 1.76. The molecule has 0 aliphatic rings. The van der Waals surface area contributed by atoms with Crippen LogP contribution in [0.3, 0.4) is 0 Å². The van der Waals surface area contributed by atoms with E-state index in [0.29, 0.717) is 12.2 Å². The zero-order valence-electron chi connectivity index (χ0n) is 11.0. The number of nitrogens with zero attached hydrogens (tertiary/aromatic N) is 2. The average molecular weight is 266 g/mol. The quantitative estimate of drug-likeness (QED) is 0.430. The molecule has 1 aromatic carbocycles. The lowest BCUT2D eigenvalue weighted by atomic mass is 10.1. The Bertz CT molecular complexity index is 476. The summed E-state index contributed by atoms with van der Waals surface area (Å²) < 4.78 is 0. The van der Waals surface area contributed by atoms with Gasteiger partial charge in [-0.25, -0.2) is 0 Å². The number of amides is 1. The zero-order valence-corrected chi connectivity index (χ0v) is 11.0. The predicted molar refractivity (Wildman–Crippen MR) is 73.4 cm³/mol. The Morgan fingerprint density at radius 1 is 1.53 bits per heavy atom. The Kier molecular flexibility index (Phi) is 5.25. The van der Waals surface area contributed by atoms with E-state index in [0.717, 1.165) is 13.0 Å². The molecule has 0 aliphatic heterocycles. The van der Waals surface area contributed by atoms with Gasteiger partial charge in [0.25, 0.3) is 5.69 Å². The molecule has 1 rings (SSSR count). The molecule has 0 aromatic heterocycles. The molecule has 3 N–H and O–H groups in total. The molecule has 0 saturated carbocycles. The number of hydrogen-bond donors (Lipinski definition) is 2. The maximum absolute atomic E-state index is 11.0. The van der Waals surface area contributed by atoms with E-state index in [9.17, 15) is 14.9 Å². The van der Waals surface area contributed by atoms with Crippen LogP contribution in [0.15, 0.2) is 18.2 Å². The number of carbonyl (C=O) groups is 1. The summed E-state index contributed by atoms with van der Waals surface area (Å²) in [5, 5.41) is 14.1. The second kappa shape index (κ2) is 6.69. The van der Waals surface area contributed by atoms with Crippen LogP contribution in [0.2, 0.25) is 0 Å². The summed E-state index contributed by atoms with van der Waals surface area (Å²) in [5.41, 5.74) is 5.63. The standard InChI is InChI=1S/C12H18N4O3/c1-14-6-3-7-15(2)10-5-4-9(12(13)17)8-11(10)16(18)19/h4-5,8,14H,3,6-7H2,1-2H3,(H2,13,17). The number of nitro benzene ring substituents is 1. The minimum atomic E-state index is -0.674. The number of nitrogens with two attached hydrogens (primary N) is 1. The Morgan fingerprint density at radius 3 is 2.74 bits per heavy atom. The van der Waals surface area contributed by atoms with Gasteiger partial charge in [0.05, 0.1) is 4.92 Å². The van der Waals surface area contributed by atoms with E-state index in [2.05, 4.69) is 5.32 Å². The molecule has 104 valence electrons. The van der Waals surface area contributed by atoms with Gasteiger partial charge < -0.3 is 16.0 Å². The van der Waals surface area contributed by atoms with Crippen molar-refractivity contribution in [2.24, 2.45) is 5.73 Å². The third-order valence-electron chi connectivity index (χ3n) is 2.79. The van der Waals surface area contributed by atoms with Crippen LogP contribution in [0.4, 0.5) is 11.4 Å². The van der Waals surface area contributed by atoms with Crippen molar-refractivity contribution in [3.05, 3.63) is 33.9 Å². The van der Waals surface area contributed by atoms with E-state index >= 15 is 0 Å². The monoisotopic (exact) mass is 266 g/mol. The third-order valence-corrected chi connectivity index (χ3v) is 2.79. The van der Waals surface area contributed by atoms with Crippen LogP contribution >= 0.6 is 0 Å². The van der Waals surface area contributed by atoms with Crippen LogP contribution in [0.5, 0.6) is 0 Å². The van der Waals surface area contributed by atoms with Crippen molar-refractivity contribution >= 4 is 17.3 Å². The number of nitrogens with one attached hydrogen (secondary N) is 1. The minimum Gasteiger partial charge on any atom is -0.369 e. The highest BCUT2D eigenvalue weighted by molar-refractivity contribution is 5.94. The van der Waals surface area contributed by atoms with Gasteiger partial charge in [-0.3, -0.25) is 14.9 Å². The maximum Gasteiger partial charge on any atom is 0.293 e. The molecule has 0 aliphatic carbocycles. The maximum atomic E-state index is 11.0. The largest absolute Gasteiger partial charge is 0.369 e. The first-order valence-electron chi connectivity index (χ1n) is 5.91. The van der Waals surface area contributed by atoms with Crippen molar-refractivity contribution in [3.8, 4) is 0 Å². The van der Waals surface area contributed by atoms with E-state index in [-0.39, 0.29) is 11.3 Å². The number of anilines is 1. The van der Waals surface area contributed by atoms with Crippen molar-refractivity contribution in [2.45, 2.75) is 6.42 Å². The topological polar surface area (TPSA) is 102 Å². The number of rotatable bonds is 7. The molecule has 0 atom stereocenters. The summed E-state index contributed by atoms with van der Waals surface area (Å²) in [4.78, 5) is 23.4. The molecule has 7 heteroatoms. The molecular formula is C12H18N4O3. The molecule has 1 amide bonds. The summed E-state index contributed by atoms with van der Waals surface area (Å²) in [7, 11) is 3.63. The molecular weight excluding hydrogens is 248 g/mol. The zero-order chi connectivity index (χ0) is 14.4. The van der Waals surface area contributed by atoms with Crippen molar-refractivity contribution < 1.29 is 9.72 Å². The summed E-state index contributed by atoms with van der Waals surface area (Å²) in [6.45, 7) is 1.51. The minimum absolute atomic E-state index is 0.108. The SMILES string of the molecule is CNCCCN(C)c1ccc(C(N)=O)cc1[N+](=O)[O-]. The van der Waals surface area contributed by atoms with Crippen LogP contribution in [-0.4, -0.2) is 38.0 Å². The summed E-state index contributed by atoms with van der Waals surface area (Å²) in [6, 6.07) is 4.27. The highest BCUT2D eigenvalue weighted by Gasteiger charge is 2.19. The summed E-state index contributed by atoms with van der Waals surface area (Å²) in [5.74, 6) is -0.674. The van der Waals surface area contributed by atoms with Crippen molar-refractivity contribution in [2.75, 3.05) is 32.1 Å². The van der Waals surface area contributed by atoms with Crippen LogP contribution in [0.25, 0.3) is 0 Å². The Balaban J connectivity index is 2.99. The van der Waals surface area contributed by atoms with Gasteiger partial charge >= 0.3 is 0 Å². The molecule has 0 unspecified atom stereocenters. The number of primary amides is 1. The molecule has 7 nitrogen and oxygen atoms in total. The molecule has 0 spiro atoms. The summed E-state index contributed by atoms with van der Waals surface area (Å²) >= 11 is 0. The first kappa shape index (κ1) is 14.9. The molecule has 0 bridgehead atoms. The smallest absolute Gasteiger partial charge is 0.293 e. The van der Waals surface area contributed by atoms with E-state index in [4.69, 9.17) is 5.73 Å². The highest BCUT2D eigenvalue weighted by Crippen LogP contribution is 2.28. The van der Waals surface area contributed by atoms with Gasteiger partial charge in [0.15, 0.2) is 0 Å². The summed E-state index contributed by atoms with van der Waals surface area (Å²) in [6.07, 6.45) is 0.863. The van der Waals surface area contributed by atoms with Gasteiger partial charge in [-0.1, -0.05) is 0 Å². The van der Waals surface area contributed by atoms with E-state index in [1.165, 1.54) is 12.1 Å². The molecule has 1 aromatic rings. The highest BCUT2D eigenvalue weighted by atomic mass is 16.6. The van der Waals surface area contributed by atoms with Crippen molar-refractivity contribution in [3.63, 3.8) is 0 Å². The Labute approximate surface area is 111 Å². The van der Waals surface area contributed by atoms with Gasteiger partial charge in [-0.2, -0.15) is 0 Å². The van der Waals surface area contributed by atoms with Crippen LogP contribution in [0.1, 0.15) is 16.8 Å². The molecule has 0 heterocycles.